The fourth-order valence-corrected chi connectivity index (χ4v) is 3.40. The topological polar surface area (TPSA) is 74.8 Å². The van der Waals surface area contributed by atoms with Crippen LogP contribution >= 0.6 is 0 Å². The summed E-state index contributed by atoms with van der Waals surface area (Å²) in [5, 5.41) is 2.85. The maximum atomic E-state index is 13.2. The Morgan fingerprint density at radius 3 is 2.61 bits per heavy atom. The fourth-order valence-electron chi connectivity index (χ4n) is 3.40. The third-order valence-electron chi connectivity index (χ3n) is 4.82. The highest BCUT2D eigenvalue weighted by Crippen LogP contribution is 2.16. The second-order valence-corrected chi connectivity index (χ2v) is 7.26. The predicted molar refractivity (Wildman–Crippen MR) is 109 cm³/mol. The fraction of sp³-hybridized carbons (Fsp3) is 0.571. The van der Waals surface area contributed by atoms with Crippen molar-refractivity contribution < 1.29 is 14.3 Å². The minimum absolute atomic E-state index is 0.0148. The van der Waals surface area contributed by atoms with Gasteiger partial charge in [-0.1, -0.05) is 19.9 Å². The molecule has 1 aliphatic rings. The zero-order chi connectivity index (χ0) is 20.4. The molecule has 1 aromatic heterocycles. The van der Waals surface area contributed by atoms with Crippen LogP contribution in [0.25, 0.3) is 0 Å². The van der Waals surface area contributed by atoms with Gasteiger partial charge >= 0.3 is 0 Å². The van der Waals surface area contributed by atoms with E-state index in [9.17, 15) is 9.59 Å². The van der Waals surface area contributed by atoms with Crippen molar-refractivity contribution in [1.29, 1.82) is 0 Å². The lowest BCUT2D eigenvalue weighted by atomic mass is 10.00. The summed E-state index contributed by atoms with van der Waals surface area (Å²) < 4.78 is 5.39. The smallest absolute Gasteiger partial charge is 0.254 e. The molecular weight excluding hydrogens is 356 g/mol. The Kier molecular flexibility index (Phi) is 9.10. The van der Waals surface area contributed by atoms with Gasteiger partial charge in [-0.25, -0.2) is 0 Å². The number of carbonyl (C=O) groups is 2. The van der Waals surface area contributed by atoms with Gasteiger partial charge in [0.25, 0.3) is 5.91 Å². The quantitative estimate of drug-likeness (QED) is 0.616. The first-order valence-corrected chi connectivity index (χ1v) is 9.94. The van der Waals surface area contributed by atoms with Crippen LogP contribution in [-0.2, 0) is 9.53 Å². The summed E-state index contributed by atoms with van der Waals surface area (Å²) in [4.78, 5) is 34.0. The molecule has 1 aromatic rings. The highest BCUT2D eigenvalue weighted by molar-refractivity contribution is 5.97. The van der Waals surface area contributed by atoms with Gasteiger partial charge in [0, 0.05) is 50.7 Å². The summed E-state index contributed by atoms with van der Waals surface area (Å²) >= 11 is 0. The highest BCUT2D eigenvalue weighted by atomic mass is 16.5. The molecule has 2 amide bonds. The highest BCUT2D eigenvalue weighted by Gasteiger charge is 2.32. The van der Waals surface area contributed by atoms with Crippen molar-refractivity contribution >= 4 is 11.8 Å². The average molecular weight is 389 g/mol. The number of hydrogen-bond donors (Lipinski definition) is 1. The number of rotatable bonds is 10. The van der Waals surface area contributed by atoms with Gasteiger partial charge in [0.2, 0.25) is 5.91 Å². The van der Waals surface area contributed by atoms with Gasteiger partial charge in [0.05, 0.1) is 13.2 Å². The lowest BCUT2D eigenvalue weighted by Crippen LogP contribution is -2.53. The number of morpholine rings is 1. The van der Waals surface area contributed by atoms with Crippen LogP contribution in [0.4, 0.5) is 0 Å². The van der Waals surface area contributed by atoms with Gasteiger partial charge in [-0.05, 0) is 24.5 Å². The summed E-state index contributed by atoms with van der Waals surface area (Å²) in [5.41, 5.74) is 0.545. The molecule has 1 aliphatic heterocycles. The first-order valence-electron chi connectivity index (χ1n) is 9.94. The zero-order valence-corrected chi connectivity index (χ0v) is 17.0. The Bertz CT molecular complexity index is 630. The second kappa shape index (κ2) is 11.6. The van der Waals surface area contributed by atoms with E-state index in [4.69, 9.17) is 4.74 Å². The van der Waals surface area contributed by atoms with E-state index in [1.54, 1.807) is 35.5 Å². The molecule has 1 fully saturated rings. The number of nitrogens with one attached hydrogen (secondary N) is 1. The lowest BCUT2D eigenvalue weighted by Gasteiger charge is -2.34. The molecule has 0 radical (unpaired) electrons. The molecule has 7 heteroatoms. The van der Waals surface area contributed by atoms with Crippen molar-refractivity contribution in [2.75, 3.05) is 45.9 Å². The van der Waals surface area contributed by atoms with E-state index in [0.29, 0.717) is 18.7 Å². The predicted octanol–water partition coefficient (Wildman–Crippen LogP) is 1.57. The Morgan fingerprint density at radius 1 is 1.32 bits per heavy atom. The van der Waals surface area contributed by atoms with Gasteiger partial charge in [0.1, 0.15) is 6.04 Å². The number of amides is 2. The Morgan fingerprint density at radius 2 is 2.00 bits per heavy atom. The van der Waals surface area contributed by atoms with Crippen LogP contribution in [-0.4, -0.2) is 78.6 Å². The molecule has 28 heavy (non-hydrogen) atoms. The average Bonchev–Trinajstić information content (AvgIpc) is 2.72. The minimum atomic E-state index is -0.537. The standard InChI is InChI=1S/C21H32N4O3/c1-4-8-23-20(26)19(17(2)3)25(21(27)18-6-9-22-10-7-18)12-5-11-24-13-15-28-16-14-24/h4,6-7,9-10,17,19H,1,5,8,11-16H2,2-3H3,(H,23,26). The van der Waals surface area contributed by atoms with Crippen LogP contribution in [0.5, 0.6) is 0 Å². The molecule has 0 bridgehead atoms. The molecule has 1 unspecified atom stereocenters. The lowest BCUT2D eigenvalue weighted by molar-refractivity contribution is -0.126. The number of pyridine rings is 1. The number of nitrogens with zero attached hydrogens (tertiary/aromatic N) is 3. The van der Waals surface area contributed by atoms with Crippen LogP contribution < -0.4 is 5.32 Å². The Labute approximate surface area is 167 Å². The first kappa shape index (κ1) is 22.0. The van der Waals surface area contributed by atoms with Gasteiger partial charge < -0.3 is 15.0 Å². The van der Waals surface area contributed by atoms with Crippen molar-refractivity contribution in [3.05, 3.63) is 42.7 Å². The molecule has 1 saturated heterocycles. The minimum Gasteiger partial charge on any atom is -0.379 e. The van der Waals surface area contributed by atoms with E-state index in [0.717, 1.165) is 39.3 Å². The van der Waals surface area contributed by atoms with Crippen LogP contribution in [0, 0.1) is 5.92 Å². The van der Waals surface area contributed by atoms with E-state index >= 15 is 0 Å². The molecule has 2 rings (SSSR count). The van der Waals surface area contributed by atoms with Crippen LogP contribution in [0.15, 0.2) is 37.2 Å². The third kappa shape index (κ3) is 6.42. The molecule has 1 atom stereocenters. The van der Waals surface area contributed by atoms with E-state index in [1.165, 1.54) is 0 Å². The zero-order valence-electron chi connectivity index (χ0n) is 17.0. The largest absolute Gasteiger partial charge is 0.379 e. The number of aromatic nitrogens is 1. The molecular formula is C21H32N4O3. The van der Waals surface area contributed by atoms with Crippen molar-refractivity contribution in [2.45, 2.75) is 26.3 Å². The first-order chi connectivity index (χ1) is 13.5. The van der Waals surface area contributed by atoms with Crippen molar-refractivity contribution in [3.63, 3.8) is 0 Å². The summed E-state index contributed by atoms with van der Waals surface area (Å²) in [5.74, 6) is -0.306. The monoisotopic (exact) mass is 388 g/mol. The number of ether oxygens (including phenoxy) is 1. The van der Waals surface area contributed by atoms with Gasteiger partial charge in [-0.3, -0.25) is 19.5 Å². The second-order valence-electron chi connectivity index (χ2n) is 7.26. The third-order valence-corrected chi connectivity index (χ3v) is 4.82. The Balaban J connectivity index is 2.13. The van der Waals surface area contributed by atoms with E-state index < -0.39 is 6.04 Å². The van der Waals surface area contributed by atoms with Gasteiger partial charge in [0.15, 0.2) is 0 Å². The molecule has 154 valence electrons. The molecule has 1 N–H and O–H groups in total. The summed E-state index contributed by atoms with van der Waals surface area (Å²) in [6.45, 7) is 12.7. The van der Waals surface area contributed by atoms with Crippen molar-refractivity contribution in [3.8, 4) is 0 Å². The number of hydrogen-bond acceptors (Lipinski definition) is 5. The van der Waals surface area contributed by atoms with Crippen molar-refractivity contribution in [2.24, 2.45) is 5.92 Å². The summed E-state index contributed by atoms with van der Waals surface area (Å²) in [7, 11) is 0. The van der Waals surface area contributed by atoms with Crippen LogP contribution in [0.2, 0.25) is 0 Å². The summed E-state index contributed by atoms with van der Waals surface area (Å²) in [6, 6.07) is 2.84. The molecule has 7 nitrogen and oxygen atoms in total. The normalized spacial score (nSPS) is 15.8. The maximum Gasteiger partial charge on any atom is 0.254 e. The molecule has 0 spiro atoms. The van der Waals surface area contributed by atoms with E-state index in [-0.39, 0.29) is 17.7 Å². The van der Waals surface area contributed by atoms with Gasteiger partial charge in [-0.2, -0.15) is 0 Å². The van der Waals surface area contributed by atoms with Crippen LogP contribution in [0.3, 0.4) is 0 Å². The molecule has 0 aromatic carbocycles. The van der Waals surface area contributed by atoms with Gasteiger partial charge in [-0.15, -0.1) is 6.58 Å². The van der Waals surface area contributed by atoms with Crippen LogP contribution in [0.1, 0.15) is 30.6 Å². The maximum absolute atomic E-state index is 13.2. The molecule has 0 saturated carbocycles. The molecule has 0 aliphatic carbocycles. The molecule has 2 heterocycles. The number of carbonyl (C=O) groups excluding carboxylic acids is 2. The summed E-state index contributed by atoms with van der Waals surface area (Å²) in [6.07, 6.45) is 5.64. The van der Waals surface area contributed by atoms with Crippen molar-refractivity contribution in [1.82, 2.24) is 20.1 Å². The van der Waals surface area contributed by atoms with E-state index in [1.807, 2.05) is 13.8 Å². The van der Waals surface area contributed by atoms with E-state index in [2.05, 4.69) is 21.8 Å². The Hall–Kier alpha value is -2.25. The SMILES string of the molecule is C=CCNC(=O)C(C(C)C)N(CCCN1CCOCC1)C(=O)c1ccncc1.